The number of amides is 1. The fourth-order valence-corrected chi connectivity index (χ4v) is 3.81. The van der Waals surface area contributed by atoms with Gasteiger partial charge in [0.05, 0.1) is 11.0 Å². The lowest BCUT2D eigenvalue weighted by Gasteiger charge is -2.33. The first-order chi connectivity index (χ1) is 11.1. The number of hydrogen-bond donors (Lipinski definition) is 0. The van der Waals surface area contributed by atoms with E-state index >= 15 is 0 Å². The Balaban J connectivity index is 1.51. The van der Waals surface area contributed by atoms with E-state index in [1.54, 1.807) is 6.07 Å². The molecule has 1 aromatic heterocycles. The number of fused-ring (bicyclic) bond motifs is 1. The van der Waals surface area contributed by atoms with Crippen molar-refractivity contribution < 1.29 is 9.72 Å². The van der Waals surface area contributed by atoms with Gasteiger partial charge in [-0.1, -0.05) is 0 Å². The second kappa shape index (κ2) is 5.56. The average molecular weight is 316 g/mol. The molecule has 1 amide bonds. The molecule has 0 unspecified atom stereocenters. The van der Waals surface area contributed by atoms with E-state index in [0.29, 0.717) is 25.6 Å². The molecule has 0 aromatic carbocycles. The Hall–Kier alpha value is -2.02. The summed E-state index contributed by atoms with van der Waals surface area (Å²) in [5.41, 5.74) is 1.69. The summed E-state index contributed by atoms with van der Waals surface area (Å²) in [6, 6.07) is 2.18. The predicted octanol–water partition coefficient (Wildman–Crippen LogP) is 1.50. The van der Waals surface area contributed by atoms with Crippen molar-refractivity contribution in [3.05, 3.63) is 33.6 Å². The number of pyridine rings is 1. The zero-order valence-corrected chi connectivity index (χ0v) is 13.0. The summed E-state index contributed by atoms with van der Waals surface area (Å²) < 4.78 is 0. The van der Waals surface area contributed by atoms with Gasteiger partial charge in [-0.15, -0.1) is 0 Å². The second-order valence-corrected chi connectivity index (χ2v) is 6.69. The number of rotatable bonds is 3. The predicted molar refractivity (Wildman–Crippen MR) is 82.8 cm³/mol. The van der Waals surface area contributed by atoms with Crippen LogP contribution in [0.2, 0.25) is 0 Å². The first-order valence-electron chi connectivity index (χ1n) is 8.30. The molecule has 4 rings (SSSR count). The molecule has 1 aliphatic carbocycles. The Bertz CT molecular complexity index is 659. The Labute approximate surface area is 134 Å². The van der Waals surface area contributed by atoms with Crippen LogP contribution in [0.5, 0.6) is 0 Å². The Morgan fingerprint density at radius 1 is 1.30 bits per heavy atom. The summed E-state index contributed by atoms with van der Waals surface area (Å²) in [4.78, 5) is 31.8. The molecule has 0 radical (unpaired) electrons. The molecule has 122 valence electrons. The summed E-state index contributed by atoms with van der Waals surface area (Å²) >= 11 is 0. The van der Waals surface area contributed by atoms with Crippen LogP contribution >= 0.6 is 0 Å². The number of aromatic nitrogens is 1. The van der Waals surface area contributed by atoms with Crippen molar-refractivity contribution in [2.24, 2.45) is 0 Å². The number of likely N-dealkylation sites (tertiary alicyclic amines) is 1. The molecular formula is C16H20N4O3. The topological polar surface area (TPSA) is 79.6 Å². The molecule has 1 atom stereocenters. The first kappa shape index (κ1) is 14.6. The van der Waals surface area contributed by atoms with Gasteiger partial charge in [-0.2, -0.15) is 0 Å². The lowest BCUT2D eigenvalue weighted by molar-refractivity contribution is -0.385. The molecule has 1 saturated heterocycles. The lowest BCUT2D eigenvalue weighted by Crippen LogP contribution is -2.48. The number of carbonyl (C=O) groups is 1. The van der Waals surface area contributed by atoms with Crippen molar-refractivity contribution >= 4 is 11.6 Å². The van der Waals surface area contributed by atoms with E-state index in [9.17, 15) is 14.9 Å². The number of hydrogen-bond acceptors (Lipinski definition) is 5. The smallest absolute Gasteiger partial charge is 0.287 e. The van der Waals surface area contributed by atoms with E-state index in [0.717, 1.165) is 30.6 Å². The third-order valence-corrected chi connectivity index (χ3v) is 5.14. The van der Waals surface area contributed by atoms with Crippen molar-refractivity contribution in [3.8, 4) is 0 Å². The van der Waals surface area contributed by atoms with Gasteiger partial charge in [-0.3, -0.25) is 24.8 Å². The van der Waals surface area contributed by atoms with E-state index < -0.39 is 4.92 Å². The molecule has 3 aliphatic rings. The maximum Gasteiger partial charge on any atom is 0.287 e. The molecule has 7 heteroatoms. The summed E-state index contributed by atoms with van der Waals surface area (Å²) in [6.07, 6.45) is 6.43. The van der Waals surface area contributed by atoms with Crippen LogP contribution in [-0.2, 0) is 17.8 Å². The lowest BCUT2D eigenvalue weighted by atomic mass is 10.0. The van der Waals surface area contributed by atoms with Crippen molar-refractivity contribution in [2.45, 2.75) is 50.7 Å². The fourth-order valence-electron chi connectivity index (χ4n) is 3.81. The maximum atomic E-state index is 12.9. The first-order valence-corrected chi connectivity index (χ1v) is 8.30. The van der Waals surface area contributed by atoms with Crippen molar-refractivity contribution in [3.63, 3.8) is 0 Å². The minimum absolute atomic E-state index is 0.00137. The quantitative estimate of drug-likeness (QED) is 0.623. The number of nitrogens with zero attached hydrogens (tertiary/aromatic N) is 4. The Morgan fingerprint density at radius 3 is 2.87 bits per heavy atom. The Kier molecular flexibility index (Phi) is 3.52. The molecule has 0 spiro atoms. The Morgan fingerprint density at radius 2 is 2.13 bits per heavy atom. The van der Waals surface area contributed by atoms with Gasteiger partial charge in [-0.25, -0.2) is 0 Å². The van der Waals surface area contributed by atoms with E-state index in [2.05, 4.69) is 9.88 Å². The molecule has 23 heavy (non-hydrogen) atoms. The van der Waals surface area contributed by atoms with Crippen LogP contribution in [0.25, 0.3) is 0 Å². The summed E-state index contributed by atoms with van der Waals surface area (Å²) in [6.45, 7) is 2.13. The van der Waals surface area contributed by atoms with E-state index in [4.69, 9.17) is 0 Å². The zero-order valence-electron chi connectivity index (χ0n) is 13.0. The maximum absolute atomic E-state index is 12.9. The van der Waals surface area contributed by atoms with Gasteiger partial charge in [0.15, 0.2) is 0 Å². The van der Waals surface area contributed by atoms with Crippen LogP contribution < -0.4 is 0 Å². The van der Waals surface area contributed by atoms with Crippen LogP contribution in [0, 0.1) is 10.1 Å². The molecule has 7 nitrogen and oxygen atoms in total. The minimum Gasteiger partial charge on any atom is -0.337 e. The number of nitro groups is 1. The molecule has 2 aliphatic heterocycles. The van der Waals surface area contributed by atoms with Crippen LogP contribution in [0.3, 0.4) is 0 Å². The van der Waals surface area contributed by atoms with Crippen LogP contribution in [0.4, 0.5) is 5.69 Å². The molecular weight excluding hydrogens is 296 g/mol. The number of carbonyl (C=O) groups excluding carboxylic acids is 1. The summed E-state index contributed by atoms with van der Waals surface area (Å²) in [5, 5.41) is 10.9. The molecule has 0 bridgehead atoms. The van der Waals surface area contributed by atoms with Crippen molar-refractivity contribution in [1.29, 1.82) is 0 Å². The highest BCUT2D eigenvalue weighted by Crippen LogP contribution is 2.34. The van der Waals surface area contributed by atoms with Gasteiger partial charge in [0, 0.05) is 37.3 Å². The molecule has 1 saturated carbocycles. The van der Waals surface area contributed by atoms with E-state index in [1.807, 2.05) is 4.90 Å². The summed E-state index contributed by atoms with van der Waals surface area (Å²) in [7, 11) is 0. The third-order valence-electron chi connectivity index (χ3n) is 5.14. The van der Waals surface area contributed by atoms with Crippen LogP contribution in [-0.4, -0.2) is 50.8 Å². The average Bonchev–Trinajstić information content (AvgIpc) is 3.30. The summed E-state index contributed by atoms with van der Waals surface area (Å²) in [5.74, 6) is 0.187. The van der Waals surface area contributed by atoms with Crippen molar-refractivity contribution in [2.75, 3.05) is 13.1 Å². The highest BCUT2D eigenvalue weighted by Gasteiger charge is 2.41. The van der Waals surface area contributed by atoms with Gasteiger partial charge >= 0.3 is 0 Å². The van der Waals surface area contributed by atoms with E-state index in [-0.39, 0.29) is 17.6 Å². The SMILES string of the molecule is O=C([C@H]1CCCN1C1CC1)N1CCc2ncc([N+](=O)[O-])cc2C1. The molecule has 1 aromatic rings. The van der Waals surface area contributed by atoms with Gasteiger partial charge in [0.1, 0.15) is 6.20 Å². The molecule has 3 heterocycles. The van der Waals surface area contributed by atoms with Crippen LogP contribution in [0.15, 0.2) is 12.3 Å². The van der Waals surface area contributed by atoms with Gasteiger partial charge in [0.2, 0.25) is 5.91 Å². The van der Waals surface area contributed by atoms with Crippen molar-refractivity contribution in [1.82, 2.24) is 14.8 Å². The highest BCUT2D eigenvalue weighted by atomic mass is 16.6. The standard InChI is InChI=1S/C16H20N4O3/c21-16(15-2-1-6-19(15)12-3-4-12)18-7-5-14-11(10-18)8-13(9-17-14)20(22)23/h8-9,12,15H,1-7,10H2/t15-/m1/s1. The van der Waals surface area contributed by atoms with Crippen LogP contribution in [0.1, 0.15) is 36.9 Å². The minimum atomic E-state index is -0.431. The van der Waals surface area contributed by atoms with Gasteiger partial charge < -0.3 is 4.90 Å². The normalized spacial score (nSPS) is 24.5. The zero-order chi connectivity index (χ0) is 16.0. The third kappa shape index (κ3) is 2.69. The van der Waals surface area contributed by atoms with Gasteiger partial charge in [0.25, 0.3) is 5.69 Å². The highest BCUT2D eigenvalue weighted by molar-refractivity contribution is 5.82. The second-order valence-electron chi connectivity index (χ2n) is 6.69. The molecule has 2 fully saturated rings. The fraction of sp³-hybridized carbons (Fsp3) is 0.625. The molecule has 0 N–H and O–H groups in total. The van der Waals surface area contributed by atoms with Gasteiger partial charge in [-0.05, 0) is 37.8 Å². The monoisotopic (exact) mass is 316 g/mol. The van der Waals surface area contributed by atoms with E-state index in [1.165, 1.54) is 19.0 Å². The largest absolute Gasteiger partial charge is 0.337 e.